The summed E-state index contributed by atoms with van der Waals surface area (Å²) in [5, 5.41) is 7.08. The minimum absolute atomic E-state index is 0.0157. The van der Waals surface area contributed by atoms with Gasteiger partial charge in [0.1, 0.15) is 5.69 Å². The molecule has 0 spiro atoms. The topological polar surface area (TPSA) is 72.9 Å². The molecule has 96 valence electrons. The molecule has 1 amide bonds. The van der Waals surface area contributed by atoms with Crippen LogP contribution in [0.5, 0.6) is 0 Å². The van der Waals surface area contributed by atoms with E-state index in [4.69, 9.17) is 5.73 Å². The Morgan fingerprint density at radius 1 is 1.59 bits per heavy atom. The van der Waals surface area contributed by atoms with E-state index in [9.17, 15) is 4.79 Å². The van der Waals surface area contributed by atoms with Crippen molar-refractivity contribution < 1.29 is 4.79 Å². The molecule has 0 saturated carbocycles. The molecule has 0 bridgehead atoms. The first-order chi connectivity index (χ1) is 7.95. The summed E-state index contributed by atoms with van der Waals surface area (Å²) in [6.45, 7) is 9.09. The normalized spacial score (nSPS) is 12.8. The van der Waals surface area contributed by atoms with Crippen LogP contribution in [0.25, 0.3) is 0 Å². The largest absolute Gasteiger partial charge is 0.349 e. The van der Waals surface area contributed by atoms with Gasteiger partial charge in [-0.15, -0.1) is 0 Å². The van der Waals surface area contributed by atoms with Gasteiger partial charge in [0.05, 0.1) is 5.69 Å². The van der Waals surface area contributed by atoms with E-state index in [1.54, 1.807) is 10.7 Å². The zero-order valence-corrected chi connectivity index (χ0v) is 11.0. The molecule has 0 aliphatic rings. The van der Waals surface area contributed by atoms with E-state index >= 15 is 0 Å². The SMILES string of the molecule is CCn1nc(C)cc1C(=O)NCC(N)C(C)C. The van der Waals surface area contributed by atoms with E-state index in [1.807, 2.05) is 27.7 Å². The maximum atomic E-state index is 11.9. The minimum Gasteiger partial charge on any atom is -0.349 e. The van der Waals surface area contributed by atoms with Crippen LogP contribution >= 0.6 is 0 Å². The maximum Gasteiger partial charge on any atom is 0.269 e. The van der Waals surface area contributed by atoms with Crippen molar-refractivity contribution in [3.63, 3.8) is 0 Å². The highest BCUT2D eigenvalue weighted by molar-refractivity contribution is 5.92. The van der Waals surface area contributed by atoms with Crippen molar-refractivity contribution in [2.75, 3.05) is 6.54 Å². The molecule has 1 heterocycles. The number of carbonyl (C=O) groups is 1. The van der Waals surface area contributed by atoms with Crippen molar-refractivity contribution in [1.29, 1.82) is 0 Å². The molecule has 1 aromatic heterocycles. The van der Waals surface area contributed by atoms with Crippen LogP contribution in [0.2, 0.25) is 0 Å². The lowest BCUT2D eigenvalue weighted by Gasteiger charge is -2.16. The van der Waals surface area contributed by atoms with E-state index in [0.29, 0.717) is 24.7 Å². The van der Waals surface area contributed by atoms with Crippen LogP contribution in [0.4, 0.5) is 0 Å². The standard InChI is InChI=1S/C12H22N4O/c1-5-16-11(6-9(4)15-16)12(17)14-7-10(13)8(2)3/h6,8,10H,5,7,13H2,1-4H3,(H,14,17). The summed E-state index contributed by atoms with van der Waals surface area (Å²) >= 11 is 0. The molecule has 1 unspecified atom stereocenters. The molecule has 0 aromatic carbocycles. The van der Waals surface area contributed by atoms with E-state index in [1.165, 1.54) is 0 Å². The minimum atomic E-state index is -0.108. The molecule has 1 atom stereocenters. The zero-order valence-electron chi connectivity index (χ0n) is 11.0. The van der Waals surface area contributed by atoms with E-state index in [-0.39, 0.29) is 11.9 Å². The van der Waals surface area contributed by atoms with Crippen LogP contribution in [-0.4, -0.2) is 28.3 Å². The van der Waals surface area contributed by atoms with Crippen LogP contribution in [0.15, 0.2) is 6.07 Å². The zero-order chi connectivity index (χ0) is 13.0. The van der Waals surface area contributed by atoms with Crippen LogP contribution in [0.3, 0.4) is 0 Å². The summed E-state index contributed by atoms with van der Waals surface area (Å²) < 4.78 is 1.70. The van der Waals surface area contributed by atoms with E-state index in [0.717, 1.165) is 5.69 Å². The first-order valence-electron chi connectivity index (χ1n) is 6.04. The lowest BCUT2D eigenvalue weighted by atomic mass is 10.1. The Kier molecular flexibility index (Phi) is 4.69. The number of hydrogen-bond acceptors (Lipinski definition) is 3. The van der Waals surface area contributed by atoms with Crippen LogP contribution in [-0.2, 0) is 6.54 Å². The molecular weight excluding hydrogens is 216 g/mol. The van der Waals surface area contributed by atoms with Crippen molar-refractivity contribution >= 4 is 5.91 Å². The van der Waals surface area contributed by atoms with E-state index in [2.05, 4.69) is 10.4 Å². The van der Waals surface area contributed by atoms with Crippen molar-refractivity contribution in [2.45, 2.75) is 40.3 Å². The van der Waals surface area contributed by atoms with Crippen molar-refractivity contribution in [3.8, 4) is 0 Å². The highest BCUT2D eigenvalue weighted by Gasteiger charge is 2.14. The summed E-state index contributed by atoms with van der Waals surface area (Å²) in [6.07, 6.45) is 0. The predicted molar refractivity (Wildman–Crippen MR) is 67.8 cm³/mol. The molecule has 5 heteroatoms. The van der Waals surface area contributed by atoms with Gasteiger partial charge in [0, 0.05) is 19.1 Å². The van der Waals surface area contributed by atoms with Gasteiger partial charge in [-0.1, -0.05) is 13.8 Å². The van der Waals surface area contributed by atoms with Crippen molar-refractivity contribution in [1.82, 2.24) is 15.1 Å². The second kappa shape index (κ2) is 5.82. The number of aromatic nitrogens is 2. The molecule has 3 N–H and O–H groups in total. The Morgan fingerprint density at radius 2 is 2.24 bits per heavy atom. The Hall–Kier alpha value is -1.36. The molecule has 0 radical (unpaired) electrons. The van der Waals surface area contributed by atoms with Gasteiger partial charge in [-0.3, -0.25) is 9.48 Å². The summed E-state index contributed by atoms with van der Waals surface area (Å²) in [6, 6.07) is 1.78. The number of aryl methyl sites for hydroxylation is 2. The Bertz CT molecular complexity index is 384. The summed E-state index contributed by atoms with van der Waals surface area (Å²) in [7, 11) is 0. The number of nitrogens with two attached hydrogens (primary N) is 1. The molecule has 5 nitrogen and oxygen atoms in total. The highest BCUT2D eigenvalue weighted by Crippen LogP contribution is 2.04. The van der Waals surface area contributed by atoms with Gasteiger partial charge < -0.3 is 11.1 Å². The lowest BCUT2D eigenvalue weighted by Crippen LogP contribution is -2.40. The highest BCUT2D eigenvalue weighted by atomic mass is 16.2. The van der Waals surface area contributed by atoms with Gasteiger partial charge in [0.2, 0.25) is 0 Å². The van der Waals surface area contributed by atoms with Crippen LogP contribution in [0, 0.1) is 12.8 Å². The van der Waals surface area contributed by atoms with Gasteiger partial charge in [-0.25, -0.2) is 0 Å². The molecule has 0 saturated heterocycles. The number of amides is 1. The lowest BCUT2D eigenvalue weighted by molar-refractivity contribution is 0.0938. The molecule has 1 aromatic rings. The Labute approximate surface area is 102 Å². The molecular formula is C12H22N4O. The third-order valence-corrected chi connectivity index (χ3v) is 2.79. The number of nitrogens with one attached hydrogen (secondary N) is 1. The average Bonchev–Trinajstić information content (AvgIpc) is 2.66. The van der Waals surface area contributed by atoms with Gasteiger partial charge >= 0.3 is 0 Å². The van der Waals surface area contributed by atoms with Gasteiger partial charge in [-0.05, 0) is 25.8 Å². The smallest absolute Gasteiger partial charge is 0.269 e. The first kappa shape index (κ1) is 13.7. The Balaban J connectivity index is 2.63. The quantitative estimate of drug-likeness (QED) is 0.801. The van der Waals surface area contributed by atoms with Gasteiger partial charge in [-0.2, -0.15) is 5.10 Å². The van der Waals surface area contributed by atoms with Gasteiger partial charge in [0.15, 0.2) is 0 Å². The maximum absolute atomic E-state index is 11.9. The fourth-order valence-corrected chi connectivity index (χ4v) is 1.51. The molecule has 17 heavy (non-hydrogen) atoms. The van der Waals surface area contributed by atoms with Crippen LogP contribution < -0.4 is 11.1 Å². The van der Waals surface area contributed by atoms with Gasteiger partial charge in [0.25, 0.3) is 5.91 Å². The molecule has 0 aliphatic carbocycles. The molecule has 0 fully saturated rings. The first-order valence-corrected chi connectivity index (χ1v) is 6.04. The van der Waals surface area contributed by atoms with Crippen LogP contribution in [0.1, 0.15) is 37.0 Å². The number of nitrogens with zero attached hydrogens (tertiary/aromatic N) is 2. The fraction of sp³-hybridized carbons (Fsp3) is 0.667. The number of hydrogen-bond donors (Lipinski definition) is 2. The monoisotopic (exact) mass is 238 g/mol. The summed E-state index contributed by atoms with van der Waals surface area (Å²) in [5.74, 6) is 0.247. The third kappa shape index (κ3) is 3.56. The van der Waals surface area contributed by atoms with E-state index < -0.39 is 0 Å². The number of carbonyl (C=O) groups excluding carboxylic acids is 1. The van der Waals surface area contributed by atoms with Crippen molar-refractivity contribution in [3.05, 3.63) is 17.5 Å². The third-order valence-electron chi connectivity index (χ3n) is 2.79. The second-order valence-corrected chi connectivity index (χ2v) is 4.60. The fourth-order valence-electron chi connectivity index (χ4n) is 1.51. The Morgan fingerprint density at radius 3 is 2.76 bits per heavy atom. The summed E-state index contributed by atoms with van der Waals surface area (Å²) in [5.41, 5.74) is 7.33. The summed E-state index contributed by atoms with van der Waals surface area (Å²) in [4.78, 5) is 11.9. The molecule has 1 rings (SSSR count). The average molecular weight is 238 g/mol. The number of rotatable bonds is 5. The predicted octanol–water partition coefficient (Wildman–Crippen LogP) is 0.925. The molecule has 0 aliphatic heterocycles. The van der Waals surface area contributed by atoms with Crippen molar-refractivity contribution in [2.24, 2.45) is 11.7 Å². The second-order valence-electron chi connectivity index (χ2n) is 4.60.